The lowest BCUT2D eigenvalue weighted by molar-refractivity contribution is -0.125. The summed E-state index contributed by atoms with van der Waals surface area (Å²) >= 11 is 0. The number of piperidine rings is 1. The maximum Gasteiger partial charge on any atom is 0.223 e. The topological polar surface area (TPSA) is 58.4 Å². The summed E-state index contributed by atoms with van der Waals surface area (Å²) in [6, 6.07) is 6.02. The maximum absolute atomic E-state index is 12.1. The monoisotopic (exact) mass is 308 g/mol. The van der Waals surface area contributed by atoms with Crippen LogP contribution in [0.2, 0.25) is 0 Å². The van der Waals surface area contributed by atoms with Crippen molar-refractivity contribution in [1.82, 2.24) is 20.0 Å². The molecule has 1 aliphatic heterocycles. The van der Waals surface area contributed by atoms with Gasteiger partial charge in [0.2, 0.25) is 5.91 Å². The number of aryl methyl sites for hydroxylation is 1. The predicted octanol–water partition coefficient (Wildman–Crippen LogP) is 1.68. The Kier molecular flexibility index (Phi) is 5.20. The Hall–Kier alpha value is -1.59. The molecular weight excluding hydrogens is 288 g/mol. The summed E-state index contributed by atoms with van der Waals surface area (Å²) in [5.41, 5.74) is 2.98. The second-order valence-corrected chi connectivity index (χ2v) is 5.37. The SMILES string of the molecule is Cc1cccc2nc(CNC(=O)C3CCNCC3)cn12.Cl. The lowest BCUT2D eigenvalue weighted by atomic mass is 9.97. The molecule has 1 fully saturated rings. The molecular formula is C15H21ClN4O. The Morgan fingerprint density at radius 2 is 2.19 bits per heavy atom. The fourth-order valence-corrected chi connectivity index (χ4v) is 2.69. The molecule has 0 unspecified atom stereocenters. The van der Waals surface area contributed by atoms with Crippen LogP contribution in [-0.2, 0) is 11.3 Å². The van der Waals surface area contributed by atoms with E-state index in [1.165, 1.54) is 0 Å². The maximum atomic E-state index is 12.1. The third-order valence-corrected chi connectivity index (χ3v) is 3.90. The highest BCUT2D eigenvalue weighted by Crippen LogP contribution is 2.12. The highest BCUT2D eigenvalue weighted by molar-refractivity contribution is 5.85. The molecule has 1 aliphatic rings. The summed E-state index contributed by atoms with van der Waals surface area (Å²) in [7, 11) is 0. The number of aromatic nitrogens is 2. The van der Waals surface area contributed by atoms with E-state index >= 15 is 0 Å². The third-order valence-electron chi connectivity index (χ3n) is 3.90. The molecule has 1 saturated heterocycles. The number of fused-ring (bicyclic) bond motifs is 1. The average molecular weight is 309 g/mol. The van der Waals surface area contributed by atoms with Crippen molar-refractivity contribution in [3.63, 3.8) is 0 Å². The van der Waals surface area contributed by atoms with Gasteiger partial charge in [-0.2, -0.15) is 0 Å². The quantitative estimate of drug-likeness (QED) is 0.907. The Bertz CT molecular complexity index is 619. The number of carbonyl (C=O) groups excluding carboxylic acids is 1. The minimum absolute atomic E-state index is 0. The fourth-order valence-electron chi connectivity index (χ4n) is 2.69. The summed E-state index contributed by atoms with van der Waals surface area (Å²) < 4.78 is 2.05. The molecule has 5 nitrogen and oxygen atoms in total. The molecule has 0 radical (unpaired) electrons. The smallest absolute Gasteiger partial charge is 0.223 e. The zero-order chi connectivity index (χ0) is 13.9. The molecule has 6 heteroatoms. The lowest BCUT2D eigenvalue weighted by Crippen LogP contribution is -2.37. The number of amides is 1. The minimum atomic E-state index is 0. The first-order valence-corrected chi connectivity index (χ1v) is 7.16. The van der Waals surface area contributed by atoms with Crippen LogP contribution in [-0.4, -0.2) is 28.4 Å². The van der Waals surface area contributed by atoms with Crippen molar-refractivity contribution >= 4 is 24.0 Å². The summed E-state index contributed by atoms with van der Waals surface area (Å²) in [4.78, 5) is 16.6. The number of hydrogen-bond acceptors (Lipinski definition) is 3. The number of halogens is 1. The second-order valence-electron chi connectivity index (χ2n) is 5.37. The van der Waals surface area contributed by atoms with Crippen molar-refractivity contribution in [2.75, 3.05) is 13.1 Å². The number of carbonyl (C=O) groups is 1. The predicted molar refractivity (Wildman–Crippen MR) is 84.6 cm³/mol. The van der Waals surface area contributed by atoms with Gasteiger partial charge in [0, 0.05) is 17.8 Å². The molecule has 21 heavy (non-hydrogen) atoms. The lowest BCUT2D eigenvalue weighted by Gasteiger charge is -2.21. The van der Waals surface area contributed by atoms with Gasteiger partial charge in [0.25, 0.3) is 0 Å². The Morgan fingerprint density at radius 3 is 2.90 bits per heavy atom. The summed E-state index contributed by atoms with van der Waals surface area (Å²) in [6.45, 7) is 4.42. The van der Waals surface area contributed by atoms with Crippen molar-refractivity contribution in [3.8, 4) is 0 Å². The molecule has 0 bridgehead atoms. The van der Waals surface area contributed by atoms with E-state index in [1.807, 2.05) is 35.7 Å². The number of pyridine rings is 1. The molecule has 0 aliphatic carbocycles. The van der Waals surface area contributed by atoms with Crippen LogP contribution in [0.3, 0.4) is 0 Å². The highest BCUT2D eigenvalue weighted by atomic mass is 35.5. The van der Waals surface area contributed by atoms with Crippen molar-refractivity contribution in [2.45, 2.75) is 26.3 Å². The first kappa shape index (κ1) is 15.8. The van der Waals surface area contributed by atoms with Gasteiger partial charge in [0.15, 0.2) is 0 Å². The molecule has 3 heterocycles. The second kappa shape index (κ2) is 6.91. The standard InChI is InChI=1S/C15H20N4O.ClH/c1-11-3-2-4-14-18-13(10-19(11)14)9-17-15(20)12-5-7-16-8-6-12;/h2-4,10,12,16H,5-9H2,1H3,(H,17,20);1H. The van der Waals surface area contributed by atoms with E-state index in [-0.39, 0.29) is 24.2 Å². The van der Waals surface area contributed by atoms with Gasteiger partial charge in [0.1, 0.15) is 5.65 Å². The zero-order valence-electron chi connectivity index (χ0n) is 12.1. The van der Waals surface area contributed by atoms with Gasteiger partial charge in [-0.1, -0.05) is 6.07 Å². The minimum Gasteiger partial charge on any atom is -0.350 e. The van der Waals surface area contributed by atoms with Gasteiger partial charge in [-0.25, -0.2) is 4.98 Å². The molecule has 2 N–H and O–H groups in total. The van der Waals surface area contributed by atoms with Crippen LogP contribution in [0, 0.1) is 12.8 Å². The van der Waals surface area contributed by atoms with Gasteiger partial charge in [-0.15, -0.1) is 12.4 Å². The summed E-state index contributed by atoms with van der Waals surface area (Å²) in [5.74, 6) is 0.301. The number of nitrogens with one attached hydrogen (secondary N) is 2. The first-order valence-electron chi connectivity index (χ1n) is 7.16. The largest absolute Gasteiger partial charge is 0.350 e. The zero-order valence-corrected chi connectivity index (χ0v) is 12.9. The van der Waals surface area contributed by atoms with Crippen LogP contribution in [0.4, 0.5) is 0 Å². The highest BCUT2D eigenvalue weighted by Gasteiger charge is 2.20. The van der Waals surface area contributed by atoms with Gasteiger partial charge >= 0.3 is 0 Å². The number of rotatable bonds is 3. The fraction of sp³-hybridized carbons (Fsp3) is 0.467. The number of nitrogens with zero attached hydrogens (tertiary/aromatic N) is 2. The van der Waals surface area contributed by atoms with Crippen molar-refractivity contribution in [2.24, 2.45) is 5.92 Å². The van der Waals surface area contributed by atoms with Crippen LogP contribution in [0.5, 0.6) is 0 Å². The normalized spacial score (nSPS) is 15.7. The summed E-state index contributed by atoms with van der Waals surface area (Å²) in [6.07, 6.45) is 3.85. The summed E-state index contributed by atoms with van der Waals surface area (Å²) in [5, 5.41) is 6.28. The van der Waals surface area contributed by atoms with E-state index in [1.54, 1.807) is 0 Å². The van der Waals surface area contributed by atoms with E-state index in [9.17, 15) is 4.79 Å². The molecule has 3 rings (SSSR count). The van der Waals surface area contributed by atoms with Crippen molar-refractivity contribution in [1.29, 1.82) is 0 Å². The third kappa shape index (κ3) is 3.54. The van der Waals surface area contributed by atoms with E-state index < -0.39 is 0 Å². The van der Waals surface area contributed by atoms with E-state index in [0.717, 1.165) is 43.0 Å². The molecule has 2 aromatic heterocycles. The molecule has 2 aromatic rings. The van der Waals surface area contributed by atoms with Gasteiger partial charge in [0.05, 0.1) is 12.2 Å². The number of hydrogen-bond donors (Lipinski definition) is 2. The van der Waals surface area contributed by atoms with E-state index in [2.05, 4.69) is 15.6 Å². The molecule has 1 amide bonds. The molecule has 0 atom stereocenters. The van der Waals surface area contributed by atoms with Crippen LogP contribution in [0.15, 0.2) is 24.4 Å². The molecule has 0 saturated carbocycles. The Labute approximate surface area is 130 Å². The molecule has 114 valence electrons. The van der Waals surface area contributed by atoms with Gasteiger partial charge in [-0.05, 0) is 45.0 Å². The van der Waals surface area contributed by atoms with Gasteiger partial charge < -0.3 is 15.0 Å². The van der Waals surface area contributed by atoms with Crippen molar-refractivity contribution < 1.29 is 4.79 Å². The Morgan fingerprint density at radius 1 is 1.43 bits per heavy atom. The first-order chi connectivity index (χ1) is 9.74. The molecule has 0 aromatic carbocycles. The van der Waals surface area contributed by atoms with Crippen LogP contribution >= 0.6 is 12.4 Å². The molecule has 0 spiro atoms. The van der Waals surface area contributed by atoms with Gasteiger partial charge in [-0.3, -0.25) is 4.79 Å². The Balaban J connectivity index is 0.00000161. The van der Waals surface area contributed by atoms with E-state index in [0.29, 0.717) is 6.54 Å². The number of imidazole rings is 1. The van der Waals surface area contributed by atoms with Crippen LogP contribution in [0.1, 0.15) is 24.2 Å². The van der Waals surface area contributed by atoms with E-state index in [4.69, 9.17) is 0 Å². The van der Waals surface area contributed by atoms with Crippen LogP contribution in [0.25, 0.3) is 5.65 Å². The average Bonchev–Trinajstić information content (AvgIpc) is 2.90. The van der Waals surface area contributed by atoms with Crippen LogP contribution < -0.4 is 10.6 Å². The van der Waals surface area contributed by atoms with Crippen molar-refractivity contribution in [3.05, 3.63) is 35.8 Å².